The van der Waals surface area contributed by atoms with Crippen molar-refractivity contribution in [2.75, 3.05) is 7.11 Å². The monoisotopic (exact) mass is 266 g/mol. The van der Waals surface area contributed by atoms with Crippen molar-refractivity contribution in [3.8, 4) is 0 Å². The van der Waals surface area contributed by atoms with Gasteiger partial charge in [-0.1, -0.05) is 0 Å². The Bertz CT molecular complexity index is 297. The molecule has 0 N–H and O–H groups in total. The van der Waals surface area contributed by atoms with Crippen LogP contribution < -0.4 is 5.56 Å². The summed E-state index contributed by atoms with van der Waals surface area (Å²) in [5.41, 5.74) is -0.0672. The Kier molecular flexibility index (Phi) is 3.01. The van der Waals surface area contributed by atoms with E-state index in [1.807, 2.05) is 22.6 Å². The van der Waals surface area contributed by atoms with E-state index in [0.717, 1.165) is 0 Å². The van der Waals surface area contributed by atoms with Gasteiger partial charge in [-0.25, -0.2) is 4.98 Å². The van der Waals surface area contributed by atoms with E-state index in [4.69, 9.17) is 4.74 Å². The van der Waals surface area contributed by atoms with E-state index in [1.165, 1.54) is 24.2 Å². The van der Waals surface area contributed by atoms with Crippen LogP contribution in [0.1, 0.15) is 0 Å². The molecule has 0 radical (unpaired) electrons. The molecular formula is C6H7IN2O2. The van der Waals surface area contributed by atoms with Crippen LogP contribution >= 0.6 is 22.6 Å². The van der Waals surface area contributed by atoms with E-state index >= 15 is 0 Å². The Morgan fingerprint density at radius 2 is 2.55 bits per heavy atom. The Hall–Kier alpha value is -0.430. The van der Waals surface area contributed by atoms with Gasteiger partial charge in [-0.15, -0.1) is 0 Å². The number of hydrogen-bond donors (Lipinski definition) is 0. The number of aromatic nitrogens is 2. The number of nitrogens with zero attached hydrogens (tertiary/aromatic N) is 2. The normalized spacial score (nSPS) is 10.0. The maximum atomic E-state index is 11.2. The zero-order valence-electron chi connectivity index (χ0n) is 5.95. The summed E-state index contributed by atoms with van der Waals surface area (Å²) in [4.78, 5) is 15.0. The number of methoxy groups -OCH3 is 1. The van der Waals surface area contributed by atoms with Gasteiger partial charge in [-0.3, -0.25) is 9.36 Å². The van der Waals surface area contributed by atoms with Crippen molar-refractivity contribution in [1.29, 1.82) is 0 Å². The van der Waals surface area contributed by atoms with Gasteiger partial charge in [-0.2, -0.15) is 0 Å². The molecule has 0 aliphatic rings. The minimum Gasteiger partial charge on any atom is -0.364 e. The molecule has 0 amide bonds. The van der Waals surface area contributed by atoms with Gasteiger partial charge in [-0.05, 0) is 22.6 Å². The molecule has 60 valence electrons. The highest BCUT2D eigenvalue weighted by Crippen LogP contribution is 1.92. The highest BCUT2D eigenvalue weighted by atomic mass is 127. The van der Waals surface area contributed by atoms with Gasteiger partial charge in [0, 0.05) is 13.3 Å². The van der Waals surface area contributed by atoms with Gasteiger partial charge in [0.2, 0.25) is 0 Å². The standard InChI is InChI=1S/C6H7IN2O2/c1-11-4-9-3-8-2-5(7)6(9)10/h2-3H,4H2,1H3. The van der Waals surface area contributed by atoms with E-state index in [0.29, 0.717) is 3.57 Å². The molecule has 0 saturated carbocycles. The van der Waals surface area contributed by atoms with E-state index in [1.54, 1.807) is 0 Å². The quantitative estimate of drug-likeness (QED) is 0.730. The molecule has 1 aromatic heterocycles. The average molecular weight is 266 g/mol. The fourth-order valence-corrected chi connectivity index (χ4v) is 1.13. The van der Waals surface area contributed by atoms with E-state index in [2.05, 4.69) is 4.98 Å². The van der Waals surface area contributed by atoms with E-state index in [-0.39, 0.29) is 12.3 Å². The van der Waals surface area contributed by atoms with Gasteiger partial charge in [0.25, 0.3) is 5.56 Å². The Morgan fingerprint density at radius 3 is 3.18 bits per heavy atom. The summed E-state index contributed by atoms with van der Waals surface area (Å²) < 4.78 is 6.79. The lowest BCUT2D eigenvalue weighted by molar-refractivity contribution is 0.127. The molecule has 1 heterocycles. The SMILES string of the molecule is COCn1cncc(I)c1=O. The van der Waals surface area contributed by atoms with Crippen molar-refractivity contribution in [3.05, 3.63) is 26.4 Å². The van der Waals surface area contributed by atoms with Crippen LogP contribution in [0.5, 0.6) is 0 Å². The third-order valence-electron chi connectivity index (χ3n) is 1.13. The summed E-state index contributed by atoms with van der Waals surface area (Å²) in [5, 5.41) is 0. The smallest absolute Gasteiger partial charge is 0.268 e. The van der Waals surface area contributed by atoms with Gasteiger partial charge >= 0.3 is 0 Å². The summed E-state index contributed by atoms with van der Waals surface area (Å²) in [6, 6.07) is 0. The second-order valence-electron chi connectivity index (χ2n) is 1.93. The van der Waals surface area contributed by atoms with Gasteiger partial charge in [0.15, 0.2) is 0 Å². The molecular weight excluding hydrogens is 259 g/mol. The summed E-state index contributed by atoms with van der Waals surface area (Å²) in [7, 11) is 1.53. The van der Waals surface area contributed by atoms with Crippen LogP contribution in [0.2, 0.25) is 0 Å². The van der Waals surface area contributed by atoms with Crippen molar-refractivity contribution in [2.45, 2.75) is 6.73 Å². The first kappa shape index (κ1) is 8.66. The predicted molar refractivity (Wildman–Crippen MR) is 48.2 cm³/mol. The summed E-state index contributed by atoms with van der Waals surface area (Å²) in [6.07, 6.45) is 2.98. The molecule has 0 aliphatic carbocycles. The second-order valence-corrected chi connectivity index (χ2v) is 3.10. The number of hydrogen-bond acceptors (Lipinski definition) is 3. The van der Waals surface area contributed by atoms with Crippen molar-refractivity contribution in [3.63, 3.8) is 0 Å². The van der Waals surface area contributed by atoms with Crippen LogP contribution in [-0.4, -0.2) is 16.7 Å². The topological polar surface area (TPSA) is 44.1 Å². The lowest BCUT2D eigenvalue weighted by Gasteiger charge is -2.01. The fourth-order valence-electron chi connectivity index (χ4n) is 0.655. The summed E-state index contributed by atoms with van der Waals surface area (Å²) in [5.74, 6) is 0. The molecule has 4 nitrogen and oxygen atoms in total. The van der Waals surface area contributed by atoms with Crippen molar-refractivity contribution in [1.82, 2.24) is 9.55 Å². The van der Waals surface area contributed by atoms with Crippen LogP contribution in [0.25, 0.3) is 0 Å². The molecule has 0 fully saturated rings. The second kappa shape index (κ2) is 3.82. The fraction of sp³-hybridized carbons (Fsp3) is 0.333. The lowest BCUT2D eigenvalue weighted by atomic mass is 10.6. The molecule has 0 spiro atoms. The first-order chi connectivity index (χ1) is 5.25. The highest BCUT2D eigenvalue weighted by molar-refractivity contribution is 14.1. The number of ether oxygens (including phenoxy) is 1. The van der Waals surface area contributed by atoms with Gasteiger partial charge in [0.05, 0.1) is 9.90 Å². The summed E-state index contributed by atoms with van der Waals surface area (Å²) in [6.45, 7) is 0.253. The van der Waals surface area contributed by atoms with Crippen molar-refractivity contribution in [2.24, 2.45) is 0 Å². The first-order valence-corrected chi connectivity index (χ1v) is 4.02. The Labute approximate surface area is 77.3 Å². The largest absolute Gasteiger partial charge is 0.364 e. The molecule has 5 heteroatoms. The molecule has 11 heavy (non-hydrogen) atoms. The molecule has 0 aromatic carbocycles. The summed E-state index contributed by atoms with van der Waals surface area (Å²) >= 11 is 1.94. The maximum Gasteiger partial charge on any atom is 0.268 e. The van der Waals surface area contributed by atoms with E-state index < -0.39 is 0 Å². The minimum absolute atomic E-state index is 0.0672. The average Bonchev–Trinajstić information content (AvgIpc) is 1.99. The predicted octanol–water partition coefficient (Wildman–Crippen LogP) is 0.452. The zero-order valence-corrected chi connectivity index (χ0v) is 8.11. The Balaban J connectivity index is 3.07. The zero-order chi connectivity index (χ0) is 8.27. The van der Waals surface area contributed by atoms with Crippen LogP contribution in [0.15, 0.2) is 17.3 Å². The number of rotatable bonds is 2. The van der Waals surface area contributed by atoms with Crippen molar-refractivity contribution < 1.29 is 4.74 Å². The number of halogens is 1. The third kappa shape index (κ3) is 2.00. The molecule has 0 atom stereocenters. The van der Waals surface area contributed by atoms with Crippen LogP contribution in [-0.2, 0) is 11.5 Å². The maximum absolute atomic E-state index is 11.2. The molecule has 0 aliphatic heterocycles. The Morgan fingerprint density at radius 1 is 1.82 bits per heavy atom. The van der Waals surface area contributed by atoms with Crippen LogP contribution in [0.4, 0.5) is 0 Å². The van der Waals surface area contributed by atoms with Gasteiger partial charge in [0.1, 0.15) is 6.73 Å². The molecule has 1 rings (SSSR count). The molecule has 0 saturated heterocycles. The lowest BCUT2D eigenvalue weighted by Crippen LogP contribution is -2.22. The first-order valence-electron chi connectivity index (χ1n) is 2.94. The van der Waals surface area contributed by atoms with Crippen molar-refractivity contribution >= 4 is 22.6 Å². The molecule has 0 bridgehead atoms. The molecule has 0 unspecified atom stereocenters. The minimum atomic E-state index is -0.0672. The van der Waals surface area contributed by atoms with Crippen LogP contribution in [0, 0.1) is 3.57 Å². The van der Waals surface area contributed by atoms with Crippen LogP contribution in [0.3, 0.4) is 0 Å². The highest BCUT2D eigenvalue weighted by Gasteiger charge is 1.97. The molecule has 1 aromatic rings. The van der Waals surface area contributed by atoms with Gasteiger partial charge < -0.3 is 4.74 Å². The third-order valence-corrected chi connectivity index (χ3v) is 1.87. The van der Waals surface area contributed by atoms with E-state index in [9.17, 15) is 4.79 Å².